The van der Waals surface area contributed by atoms with Crippen molar-refractivity contribution in [3.05, 3.63) is 17.8 Å². The first-order valence-electron chi connectivity index (χ1n) is 9.75. The fourth-order valence-electron chi connectivity index (χ4n) is 3.31. The van der Waals surface area contributed by atoms with Crippen molar-refractivity contribution in [3.63, 3.8) is 0 Å². The van der Waals surface area contributed by atoms with Crippen LogP contribution in [0.25, 0.3) is 0 Å². The third kappa shape index (κ3) is 6.29. The van der Waals surface area contributed by atoms with Gasteiger partial charge in [-0.05, 0) is 52.5 Å². The normalized spacial score (nSPS) is 18.5. The van der Waals surface area contributed by atoms with E-state index >= 15 is 0 Å². The van der Waals surface area contributed by atoms with Gasteiger partial charge in [0, 0.05) is 25.1 Å². The highest BCUT2D eigenvalue weighted by molar-refractivity contribution is 5.68. The lowest BCUT2D eigenvalue weighted by Gasteiger charge is -2.28. The Bertz CT molecular complexity index is 640. The summed E-state index contributed by atoms with van der Waals surface area (Å²) in [5.41, 5.74) is 0.333. The van der Waals surface area contributed by atoms with Crippen LogP contribution in [-0.2, 0) is 4.74 Å². The molecule has 1 amide bonds. The lowest BCUT2D eigenvalue weighted by Crippen LogP contribution is -2.37. The number of aromatic nitrogens is 1. The molecule has 1 fully saturated rings. The summed E-state index contributed by atoms with van der Waals surface area (Å²) in [5, 5.41) is 0. The lowest BCUT2D eigenvalue weighted by molar-refractivity contribution is 0.0270. The Labute approximate surface area is 163 Å². The van der Waals surface area contributed by atoms with Gasteiger partial charge in [0.2, 0.25) is 5.88 Å². The van der Waals surface area contributed by atoms with Gasteiger partial charge in [-0.3, -0.25) is 0 Å². The number of aryl methyl sites for hydroxylation is 1. The number of hydrogen-bond donors (Lipinski definition) is 0. The number of likely N-dealkylation sites (tertiary alicyclic amines) is 1. The number of hydrogen-bond acceptors (Lipinski definition) is 5. The van der Waals surface area contributed by atoms with Crippen LogP contribution in [0.15, 0.2) is 12.1 Å². The molecule has 27 heavy (non-hydrogen) atoms. The summed E-state index contributed by atoms with van der Waals surface area (Å²) in [6.45, 7) is 13.3. The standard InChI is InChI=1S/C21H34N2O4/c1-14(2)12-18(26-17-8-9-19(25-7)22-15(17)3)16-10-11-23(13-16)20(24)27-21(4,5)6/h8-9,14,16,18H,10-13H2,1-7H3/t16-,18?/m0/s1. The zero-order valence-electron chi connectivity index (χ0n) is 17.7. The summed E-state index contributed by atoms with van der Waals surface area (Å²) in [6, 6.07) is 3.73. The Morgan fingerprint density at radius 1 is 1.33 bits per heavy atom. The van der Waals surface area contributed by atoms with Crippen molar-refractivity contribution in [2.75, 3.05) is 20.2 Å². The molecule has 1 aromatic heterocycles. The van der Waals surface area contributed by atoms with Crippen molar-refractivity contribution in [1.29, 1.82) is 0 Å². The van der Waals surface area contributed by atoms with Crippen molar-refractivity contribution in [2.24, 2.45) is 11.8 Å². The molecule has 1 saturated heterocycles. The van der Waals surface area contributed by atoms with Crippen LogP contribution >= 0.6 is 0 Å². The van der Waals surface area contributed by atoms with E-state index < -0.39 is 5.60 Å². The lowest BCUT2D eigenvalue weighted by atomic mass is 9.93. The van der Waals surface area contributed by atoms with Gasteiger partial charge in [0.05, 0.1) is 12.8 Å². The average Bonchev–Trinajstić information content (AvgIpc) is 3.04. The quantitative estimate of drug-likeness (QED) is 0.732. The average molecular weight is 379 g/mol. The SMILES string of the molecule is COc1ccc(OC(CC(C)C)[C@H]2CCN(C(=O)OC(C)(C)C)C2)c(C)n1. The van der Waals surface area contributed by atoms with Crippen molar-refractivity contribution < 1.29 is 19.0 Å². The molecule has 0 spiro atoms. The van der Waals surface area contributed by atoms with E-state index in [-0.39, 0.29) is 18.1 Å². The van der Waals surface area contributed by atoms with Gasteiger partial charge in [0.25, 0.3) is 0 Å². The molecule has 6 heteroatoms. The molecule has 0 saturated carbocycles. The van der Waals surface area contributed by atoms with E-state index in [1.807, 2.05) is 39.8 Å². The van der Waals surface area contributed by atoms with Crippen molar-refractivity contribution >= 4 is 6.09 Å². The molecule has 0 aliphatic carbocycles. The van der Waals surface area contributed by atoms with Gasteiger partial charge in [-0.2, -0.15) is 0 Å². The number of methoxy groups -OCH3 is 1. The van der Waals surface area contributed by atoms with Crippen LogP contribution in [0, 0.1) is 18.8 Å². The summed E-state index contributed by atoms with van der Waals surface area (Å²) >= 11 is 0. The number of pyridine rings is 1. The predicted octanol–water partition coefficient (Wildman–Crippen LogP) is 4.45. The first-order chi connectivity index (χ1) is 12.6. The Balaban J connectivity index is 2.07. The molecule has 2 atom stereocenters. The smallest absolute Gasteiger partial charge is 0.410 e. The van der Waals surface area contributed by atoms with Gasteiger partial charge in [-0.15, -0.1) is 0 Å². The molecule has 152 valence electrons. The van der Waals surface area contributed by atoms with Gasteiger partial charge < -0.3 is 19.1 Å². The summed E-state index contributed by atoms with van der Waals surface area (Å²) < 4.78 is 17.1. The van der Waals surface area contributed by atoms with Crippen LogP contribution in [0.2, 0.25) is 0 Å². The second kappa shape index (κ2) is 8.81. The van der Waals surface area contributed by atoms with E-state index in [9.17, 15) is 4.79 Å². The highest BCUT2D eigenvalue weighted by Gasteiger charge is 2.35. The summed E-state index contributed by atoms with van der Waals surface area (Å²) in [4.78, 5) is 18.6. The van der Waals surface area contributed by atoms with Gasteiger partial charge >= 0.3 is 6.09 Å². The van der Waals surface area contributed by atoms with Crippen LogP contribution in [0.5, 0.6) is 11.6 Å². The maximum absolute atomic E-state index is 12.4. The Kier molecular flexibility index (Phi) is 6.95. The van der Waals surface area contributed by atoms with E-state index in [4.69, 9.17) is 14.2 Å². The number of carbonyl (C=O) groups excluding carboxylic acids is 1. The third-order valence-electron chi connectivity index (χ3n) is 4.61. The zero-order chi connectivity index (χ0) is 20.2. The molecular weight excluding hydrogens is 344 g/mol. The molecule has 2 heterocycles. The Morgan fingerprint density at radius 2 is 2.04 bits per heavy atom. The maximum Gasteiger partial charge on any atom is 0.410 e. The minimum absolute atomic E-state index is 0.0336. The minimum Gasteiger partial charge on any atom is -0.488 e. The molecule has 1 aliphatic heterocycles. The number of rotatable bonds is 6. The van der Waals surface area contributed by atoms with E-state index in [0.717, 1.165) is 24.3 Å². The van der Waals surface area contributed by atoms with E-state index in [1.165, 1.54) is 0 Å². The summed E-state index contributed by atoms with van der Waals surface area (Å²) in [7, 11) is 1.60. The number of amides is 1. The van der Waals surface area contributed by atoms with Crippen LogP contribution < -0.4 is 9.47 Å². The second-order valence-electron chi connectivity index (χ2n) is 8.70. The summed E-state index contributed by atoms with van der Waals surface area (Å²) in [5.74, 6) is 2.13. The second-order valence-corrected chi connectivity index (χ2v) is 8.70. The van der Waals surface area contributed by atoms with E-state index in [0.29, 0.717) is 24.9 Å². The molecule has 2 rings (SSSR count). The minimum atomic E-state index is -0.477. The largest absolute Gasteiger partial charge is 0.488 e. The van der Waals surface area contributed by atoms with Crippen LogP contribution in [0.4, 0.5) is 4.79 Å². The molecular formula is C21H34N2O4. The van der Waals surface area contributed by atoms with E-state index in [2.05, 4.69) is 18.8 Å². The van der Waals surface area contributed by atoms with Crippen LogP contribution in [0.1, 0.15) is 53.2 Å². The highest BCUT2D eigenvalue weighted by Crippen LogP contribution is 2.30. The fraction of sp³-hybridized carbons (Fsp3) is 0.714. The number of ether oxygens (including phenoxy) is 3. The molecule has 0 bridgehead atoms. The summed E-state index contributed by atoms with van der Waals surface area (Å²) in [6.07, 6.45) is 1.64. The van der Waals surface area contributed by atoms with Gasteiger partial charge in [0.15, 0.2) is 0 Å². The molecule has 0 aromatic carbocycles. The number of carbonyl (C=O) groups is 1. The Hall–Kier alpha value is -1.98. The molecule has 1 aromatic rings. The first kappa shape index (κ1) is 21.3. The van der Waals surface area contributed by atoms with Crippen LogP contribution in [-0.4, -0.2) is 47.9 Å². The maximum atomic E-state index is 12.4. The molecule has 0 N–H and O–H groups in total. The van der Waals surface area contributed by atoms with E-state index in [1.54, 1.807) is 12.0 Å². The highest BCUT2D eigenvalue weighted by atomic mass is 16.6. The van der Waals surface area contributed by atoms with Crippen molar-refractivity contribution in [1.82, 2.24) is 9.88 Å². The van der Waals surface area contributed by atoms with Crippen LogP contribution in [0.3, 0.4) is 0 Å². The predicted molar refractivity (Wildman–Crippen MR) is 105 cm³/mol. The van der Waals surface area contributed by atoms with Crippen molar-refractivity contribution in [3.8, 4) is 11.6 Å². The first-order valence-corrected chi connectivity index (χ1v) is 9.75. The monoisotopic (exact) mass is 378 g/mol. The number of nitrogens with zero attached hydrogens (tertiary/aromatic N) is 2. The molecule has 0 radical (unpaired) electrons. The zero-order valence-corrected chi connectivity index (χ0v) is 17.7. The van der Waals surface area contributed by atoms with Gasteiger partial charge in [-0.1, -0.05) is 13.8 Å². The molecule has 1 unspecified atom stereocenters. The Morgan fingerprint density at radius 3 is 2.59 bits per heavy atom. The third-order valence-corrected chi connectivity index (χ3v) is 4.61. The topological polar surface area (TPSA) is 60.9 Å². The molecule has 1 aliphatic rings. The molecule has 6 nitrogen and oxygen atoms in total. The van der Waals surface area contributed by atoms with Crippen molar-refractivity contribution in [2.45, 2.75) is 66.1 Å². The van der Waals surface area contributed by atoms with Gasteiger partial charge in [0.1, 0.15) is 17.5 Å². The fourth-order valence-corrected chi connectivity index (χ4v) is 3.31. The van der Waals surface area contributed by atoms with Gasteiger partial charge in [-0.25, -0.2) is 9.78 Å².